The number of halogens is 10. The Bertz CT molecular complexity index is 191. The van der Waals surface area contributed by atoms with Gasteiger partial charge in [0.2, 0.25) is 0 Å². The summed E-state index contributed by atoms with van der Waals surface area (Å²) in [5, 5.41) is -20.4. The molecular weight excluding hydrogens is 304 g/mol. The van der Waals surface area contributed by atoms with Crippen LogP contribution in [0.25, 0.3) is 0 Å². The fourth-order valence-electron chi connectivity index (χ4n) is 0.356. The Kier molecular flexibility index (Phi) is 3.84. The highest BCUT2D eigenvalue weighted by atomic mass is 35.5. The van der Waals surface area contributed by atoms with E-state index in [9.17, 15) is 26.3 Å². The zero-order valence-electron chi connectivity index (χ0n) is 5.78. The lowest BCUT2D eigenvalue weighted by molar-refractivity contribution is -0.140. The minimum atomic E-state index is -5.16. The highest BCUT2D eigenvalue weighted by Gasteiger charge is 2.76. The molecule has 0 radical (unpaired) electrons. The van der Waals surface area contributed by atoms with E-state index in [0.717, 1.165) is 0 Å². The van der Waals surface area contributed by atoms with Gasteiger partial charge in [-0.2, -0.15) is 17.6 Å². The predicted molar refractivity (Wildman–Crippen MR) is 41.0 cm³/mol. The number of hydrogen-bond donors (Lipinski definition) is 0. The quantitative estimate of drug-likeness (QED) is 0.533. The molecule has 0 aliphatic carbocycles. The summed E-state index contributed by atoms with van der Waals surface area (Å²) in [6, 6.07) is 0. The Hall–Kier alpha value is 0.740. The number of rotatable bonds is 3. The molecule has 10 heteroatoms. The summed E-state index contributed by atoms with van der Waals surface area (Å²) >= 11 is 16.3. The molecule has 0 saturated carbocycles. The molecule has 0 aromatic heterocycles. The molecule has 0 spiro atoms. The van der Waals surface area contributed by atoms with Gasteiger partial charge < -0.3 is 0 Å². The van der Waals surface area contributed by atoms with Gasteiger partial charge in [0.05, 0.1) is 0 Å². The van der Waals surface area contributed by atoms with Gasteiger partial charge in [-0.15, -0.1) is 0 Å². The summed E-state index contributed by atoms with van der Waals surface area (Å²) in [6.45, 7) is 0. The van der Waals surface area contributed by atoms with Crippen molar-refractivity contribution in [2.45, 2.75) is 21.0 Å². The molecule has 0 aliphatic rings. The van der Waals surface area contributed by atoms with Crippen LogP contribution >= 0.6 is 46.4 Å². The van der Waals surface area contributed by atoms with E-state index in [1.807, 2.05) is 0 Å². The molecule has 2 atom stereocenters. The van der Waals surface area contributed by atoms with Crippen LogP contribution in [0.2, 0.25) is 0 Å². The molecule has 0 nitrogen and oxygen atoms in total. The van der Waals surface area contributed by atoms with Gasteiger partial charge in [0.15, 0.2) is 0 Å². The molecule has 0 rings (SSSR count). The van der Waals surface area contributed by atoms with Crippen LogP contribution in [-0.4, -0.2) is 21.0 Å². The average molecular weight is 304 g/mol. The van der Waals surface area contributed by atoms with E-state index in [4.69, 9.17) is 0 Å². The van der Waals surface area contributed by atoms with Crippen LogP contribution in [0.5, 0.6) is 0 Å². The molecule has 0 N–H and O–H groups in total. The van der Waals surface area contributed by atoms with Crippen molar-refractivity contribution in [1.29, 1.82) is 0 Å². The van der Waals surface area contributed by atoms with Crippen LogP contribution < -0.4 is 0 Å². The molecule has 0 heterocycles. The van der Waals surface area contributed by atoms with E-state index in [1.165, 1.54) is 0 Å². The second-order valence-corrected chi connectivity index (χ2v) is 4.14. The van der Waals surface area contributed by atoms with E-state index in [2.05, 4.69) is 46.4 Å². The van der Waals surface area contributed by atoms with Crippen molar-refractivity contribution in [3.63, 3.8) is 0 Å². The molecule has 14 heavy (non-hydrogen) atoms. The van der Waals surface area contributed by atoms with Gasteiger partial charge >= 0.3 is 21.0 Å². The van der Waals surface area contributed by atoms with Crippen molar-refractivity contribution in [2.75, 3.05) is 0 Å². The first-order valence-electron chi connectivity index (χ1n) is 2.64. The van der Waals surface area contributed by atoms with Gasteiger partial charge in [0, 0.05) is 0 Å². The zero-order chi connectivity index (χ0) is 12.0. The fourth-order valence-corrected chi connectivity index (χ4v) is 0.951. The minimum absolute atomic E-state index is 3.96. The Morgan fingerprint density at radius 2 is 0.643 bits per heavy atom. The normalized spacial score (nSPS) is 22.7. The third kappa shape index (κ3) is 2.28. The zero-order valence-corrected chi connectivity index (χ0v) is 8.80. The maximum Gasteiger partial charge on any atom is 0.373 e. The largest absolute Gasteiger partial charge is 0.373 e. The summed E-state index contributed by atoms with van der Waals surface area (Å²) in [6.07, 6.45) is 0. The van der Waals surface area contributed by atoms with Crippen molar-refractivity contribution < 1.29 is 26.3 Å². The Morgan fingerprint density at radius 1 is 0.500 bits per heavy atom. The SMILES string of the molecule is FC(F)(Cl)[C@](F)(Cl)[C@@](F)(Cl)C(F)(F)Cl. The van der Waals surface area contributed by atoms with Gasteiger partial charge in [0.1, 0.15) is 0 Å². The fraction of sp³-hybridized carbons (Fsp3) is 1.00. The topological polar surface area (TPSA) is 0 Å². The van der Waals surface area contributed by atoms with Crippen LogP contribution in [0.15, 0.2) is 0 Å². The molecule has 0 bridgehead atoms. The molecule has 0 aromatic rings. The molecular formula is C4Cl4F6. The molecule has 0 aliphatic heterocycles. The van der Waals surface area contributed by atoms with E-state index in [-0.39, 0.29) is 0 Å². The predicted octanol–water partition coefficient (Wildman–Crippen LogP) is 4.46. The average Bonchev–Trinajstić information content (AvgIpc) is 1.81. The molecule has 86 valence electrons. The summed E-state index contributed by atoms with van der Waals surface area (Å²) < 4.78 is 73.6. The lowest BCUT2D eigenvalue weighted by atomic mass is 10.2. The third-order valence-electron chi connectivity index (χ3n) is 1.11. The first-order chi connectivity index (χ1) is 5.75. The number of alkyl halides is 10. The maximum absolute atomic E-state index is 12.7. The van der Waals surface area contributed by atoms with Crippen molar-refractivity contribution in [1.82, 2.24) is 0 Å². The van der Waals surface area contributed by atoms with Crippen molar-refractivity contribution in [2.24, 2.45) is 0 Å². The van der Waals surface area contributed by atoms with Gasteiger partial charge in [-0.3, -0.25) is 0 Å². The lowest BCUT2D eigenvalue weighted by Crippen LogP contribution is -2.57. The molecule has 0 saturated heterocycles. The lowest BCUT2D eigenvalue weighted by Gasteiger charge is -2.34. The van der Waals surface area contributed by atoms with E-state index in [0.29, 0.717) is 0 Å². The van der Waals surface area contributed by atoms with Crippen LogP contribution in [0.4, 0.5) is 26.3 Å². The summed E-state index contributed by atoms with van der Waals surface area (Å²) in [5.41, 5.74) is 0. The van der Waals surface area contributed by atoms with E-state index < -0.39 is 21.0 Å². The first kappa shape index (κ1) is 14.7. The highest BCUT2D eigenvalue weighted by molar-refractivity contribution is 6.41. The van der Waals surface area contributed by atoms with Crippen LogP contribution in [0.3, 0.4) is 0 Å². The van der Waals surface area contributed by atoms with Gasteiger partial charge in [0.25, 0.3) is 0 Å². The highest BCUT2D eigenvalue weighted by Crippen LogP contribution is 2.57. The van der Waals surface area contributed by atoms with Gasteiger partial charge in [-0.1, -0.05) is 23.2 Å². The minimum Gasteiger partial charge on any atom is -0.212 e. The summed E-state index contributed by atoms with van der Waals surface area (Å²) in [4.78, 5) is 0. The summed E-state index contributed by atoms with van der Waals surface area (Å²) in [5.74, 6) is 0. The third-order valence-corrected chi connectivity index (χ3v) is 2.91. The first-order valence-corrected chi connectivity index (χ1v) is 4.15. The molecule has 0 fully saturated rings. The molecule has 0 aromatic carbocycles. The van der Waals surface area contributed by atoms with Gasteiger partial charge in [-0.25, -0.2) is 8.78 Å². The maximum atomic E-state index is 12.7. The monoisotopic (exact) mass is 302 g/mol. The van der Waals surface area contributed by atoms with Crippen LogP contribution in [0.1, 0.15) is 0 Å². The molecule has 0 amide bonds. The van der Waals surface area contributed by atoms with E-state index in [1.54, 1.807) is 0 Å². The number of hydrogen-bond acceptors (Lipinski definition) is 0. The van der Waals surface area contributed by atoms with Crippen LogP contribution in [0, 0.1) is 0 Å². The Morgan fingerprint density at radius 3 is 0.714 bits per heavy atom. The van der Waals surface area contributed by atoms with Crippen LogP contribution in [-0.2, 0) is 0 Å². The van der Waals surface area contributed by atoms with Gasteiger partial charge in [-0.05, 0) is 23.2 Å². The van der Waals surface area contributed by atoms with E-state index >= 15 is 0 Å². The Labute approximate surface area is 94.0 Å². The second kappa shape index (κ2) is 3.64. The van der Waals surface area contributed by atoms with Crippen molar-refractivity contribution in [3.8, 4) is 0 Å². The Balaban J connectivity index is 5.30. The summed E-state index contributed by atoms with van der Waals surface area (Å²) in [7, 11) is 0. The smallest absolute Gasteiger partial charge is 0.212 e. The molecule has 0 unspecified atom stereocenters. The van der Waals surface area contributed by atoms with Crippen molar-refractivity contribution >= 4 is 46.4 Å². The van der Waals surface area contributed by atoms with Crippen molar-refractivity contribution in [3.05, 3.63) is 0 Å². The second-order valence-electron chi connectivity index (χ2n) is 2.14. The standard InChI is InChI=1S/C4Cl4F6/c5-1(9,3(7,11)12)2(6,10)4(8,13)14/t1-,2-/m0/s1.